The lowest BCUT2D eigenvalue weighted by Crippen LogP contribution is -1.97. The van der Waals surface area contributed by atoms with Crippen LogP contribution in [0.3, 0.4) is 0 Å². The van der Waals surface area contributed by atoms with Gasteiger partial charge in [-0.2, -0.15) is 0 Å². The molecule has 1 rings (SSSR count). The molecule has 0 bridgehead atoms. The molecule has 0 spiro atoms. The van der Waals surface area contributed by atoms with Crippen molar-refractivity contribution in [3.8, 4) is 0 Å². The van der Waals surface area contributed by atoms with Crippen LogP contribution in [0, 0.1) is 0 Å². The molecule has 0 amide bonds. The standard InChI is InChI=1S/C15H16O2/c1-12(13(2)15(16)17)8-6-7-11-14-9-4-3-5-10-14/h3-11H,1-2H3,(H,16,17)/b8-6+,11-7?,13-12+. The summed E-state index contributed by atoms with van der Waals surface area (Å²) in [5, 5.41) is 8.78. The van der Waals surface area contributed by atoms with Crippen molar-refractivity contribution in [2.75, 3.05) is 0 Å². The second-order valence-electron chi connectivity index (χ2n) is 3.74. The average Bonchev–Trinajstić information content (AvgIpc) is 2.34. The van der Waals surface area contributed by atoms with Gasteiger partial charge < -0.3 is 5.11 Å². The van der Waals surface area contributed by atoms with E-state index in [1.54, 1.807) is 19.9 Å². The molecule has 2 nitrogen and oxygen atoms in total. The molecule has 1 aromatic rings. The van der Waals surface area contributed by atoms with E-state index in [9.17, 15) is 4.79 Å². The van der Waals surface area contributed by atoms with Crippen molar-refractivity contribution in [1.29, 1.82) is 0 Å². The minimum absolute atomic E-state index is 0.370. The summed E-state index contributed by atoms with van der Waals surface area (Å²) >= 11 is 0. The van der Waals surface area contributed by atoms with Crippen LogP contribution < -0.4 is 0 Å². The first-order valence-corrected chi connectivity index (χ1v) is 5.42. The molecule has 0 aliphatic rings. The zero-order valence-electron chi connectivity index (χ0n) is 10.1. The summed E-state index contributed by atoms with van der Waals surface area (Å²) in [6.45, 7) is 3.39. The Kier molecular flexibility index (Phi) is 4.95. The number of hydrogen-bond donors (Lipinski definition) is 1. The summed E-state index contributed by atoms with van der Waals surface area (Å²) in [6, 6.07) is 9.94. The number of allylic oxidation sites excluding steroid dienone is 4. The monoisotopic (exact) mass is 228 g/mol. The van der Waals surface area contributed by atoms with Gasteiger partial charge in [0.2, 0.25) is 0 Å². The maximum Gasteiger partial charge on any atom is 0.331 e. The number of aliphatic carboxylic acids is 1. The van der Waals surface area contributed by atoms with Crippen LogP contribution in [0.25, 0.3) is 6.08 Å². The van der Waals surface area contributed by atoms with Crippen LogP contribution in [0.4, 0.5) is 0 Å². The Labute approximate surface area is 102 Å². The molecule has 0 aliphatic carbocycles. The fourth-order valence-corrected chi connectivity index (χ4v) is 1.22. The first-order chi connectivity index (χ1) is 8.11. The second-order valence-corrected chi connectivity index (χ2v) is 3.74. The first-order valence-electron chi connectivity index (χ1n) is 5.42. The maximum absolute atomic E-state index is 10.7. The number of carboxylic acids is 1. The summed E-state index contributed by atoms with van der Waals surface area (Å²) in [5.41, 5.74) is 2.25. The predicted molar refractivity (Wildman–Crippen MR) is 70.6 cm³/mol. The molecule has 0 atom stereocenters. The lowest BCUT2D eigenvalue weighted by molar-refractivity contribution is -0.132. The van der Waals surface area contributed by atoms with Crippen LogP contribution in [0.5, 0.6) is 0 Å². The van der Waals surface area contributed by atoms with Crippen LogP contribution in [-0.4, -0.2) is 11.1 Å². The highest BCUT2D eigenvalue weighted by Gasteiger charge is 2.01. The summed E-state index contributed by atoms with van der Waals surface area (Å²) in [4.78, 5) is 10.7. The number of benzene rings is 1. The highest BCUT2D eigenvalue weighted by molar-refractivity contribution is 5.87. The molecule has 0 aliphatic heterocycles. The highest BCUT2D eigenvalue weighted by Crippen LogP contribution is 2.06. The third-order valence-corrected chi connectivity index (χ3v) is 2.46. The van der Waals surface area contributed by atoms with E-state index < -0.39 is 5.97 Å². The third kappa shape index (κ3) is 4.51. The molecule has 1 aromatic carbocycles. The molecule has 1 N–H and O–H groups in total. The van der Waals surface area contributed by atoms with Crippen molar-refractivity contribution in [3.63, 3.8) is 0 Å². The van der Waals surface area contributed by atoms with E-state index in [-0.39, 0.29) is 0 Å². The smallest absolute Gasteiger partial charge is 0.331 e. The van der Waals surface area contributed by atoms with Gasteiger partial charge in [-0.05, 0) is 25.0 Å². The van der Waals surface area contributed by atoms with Crippen LogP contribution in [0.2, 0.25) is 0 Å². The molecular weight excluding hydrogens is 212 g/mol. The minimum atomic E-state index is -0.876. The van der Waals surface area contributed by atoms with E-state index in [1.807, 2.05) is 48.6 Å². The molecule has 2 heteroatoms. The van der Waals surface area contributed by atoms with E-state index in [0.29, 0.717) is 5.57 Å². The summed E-state index contributed by atoms with van der Waals surface area (Å²) in [6.07, 6.45) is 7.51. The van der Waals surface area contributed by atoms with Crippen molar-refractivity contribution in [2.45, 2.75) is 13.8 Å². The Hall–Kier alpha value is -2.09. The fourth-order valence-electron chi connectivity index (χ4n) is 1.22. The van der Waals surface area contributed by atoms with Crippen LogP contribution in [-0.2, 0) is 4.79 Å². The van der Waals surface area contributed by atoms with Gasteiger partial charge in [0.25, 0.3) is 0 Å². The Bertz CT molecular complexity index is 465. The number of rotatable bonds is 4. The summed E-state index contributed by atoms with van der Waals surface area (Å²) in [5.74, 6) is -0.876. The van der Waals surface area contributed by atoms with Gasteiger partial charge in [-0.25, -0.2) is 4.79 Å². The highest BCUT2D eigenvalue weighted by atomic mass is 16.4. The Morgan fingerprint density at radius 2 is 1.76 bits per heavy atom. The lowest BCUT2D eigenvalue weighted by Gasteiger charge is -1.95. The van der Waals surface area contributed by atoms with E-state index in [0.717, 1.165) is 11.1 Å². The zero-order valence-corrected chi connectivity index (χ0v) is 10.1. The lowest BCUT2D eigenvalue weighted by atomic mass is 10.1. The Morgan fingerprint density at radius 1 is 1.12 bits per heavy atom. The van der Waals surface area contributed by atoms with Crippen molar-refractivity contribution in [1.82, 2.24) is 0 Å². The van der Waals surface area contributed by atoms with Crippen molar-refractivity contribution >= 4 is 12.0 Å². The first kappa shape index (κ1) is 13.0. The number of carboxylic acid groups (broad SMARTS) is 1. The van der Waals surface area contributed by atoms with Gasteiger partial charge in [0, 0.05) is 5.57 Å². The largest absolute Gasteiger partial charge is 0.478 e. The van der Waals surface area contributed by atoms with Gasteiger partial charge >= 0.3 is 5.97 Å². The molecule has 17 heavy (non-hydrogen) atoms. The van der Waals surface area contributed by atoms with Gasteiger partial charge in [-0.15, -0.1) is 0 Å². The number of hydrogen-bond acceptors (Lipinski definition) is 1. The predicted octanol–water partition coefficient (Wildman–Crippen LogP) is 3.68. The summed E-state index contributed by atoms with van der Waals surface area (Å²) < 4.78 is 0. The molecular formula is C15H16O2. The molecule has 0 aromatic heterocycles. The van der Waals surface area contributed by atoms with Crippen LogP contribution in [0.1, 0.15) is 19.4 Å². The van der Waals surface area contributed by atoms with Gasteiger partial charge in [0.05, 0.1) is 0 Å². The fraction of sp³-hybridized carbons (Fsp3) is 0.133. The van der Waals surface area contributed by atoms with Crippen molar-refractivity contribution in [3.05, 3.63) is 65.3 Å². The molecule has 0 radical (unpaired) electrons. The Balaban J connectivity index is 2.66. The maximum atomic E-state index is 10.7. The molecule has 0 fully saturated rings. The molecule has 88 valence electrons. The SMILES string of the molecule is CC(/C=C/C=Cc1ccccc1)=C(/C)C(=O)O. The average molecular weight is 228 g/mol. The van der Waals surface area contributed by atoms with E-state index in [1.165, 1.54) is 0 Å². The van der Waals surface area contributed by atoms with E-state index >= 15 is 0 Å². The van der Waals surface area contributed by atoms with E-state index in [2.05, 4.69) is 0 Å². The molecule has 0 heterocycles. The normalized spacial score (nSPS) is 13.1. The minimum Gasteiger partial charge on any atom is -0.478 e. The van der Waals surface area contributed by atoms with Crippen molar-refractivity contribution < 1.29 is 9.90 Å². The van der Waals surface area contributed by atoms with Gasteiger partial charge in [-0.1, -0.05) is 54.6 Å². The van der Waals surface area contributed by atoms with Gasteiger partial charge in [0.15, 0.2) is 0 Å². The van der Waals surface area contributed by atoms with Crippen molar-refractivity contribution in [2.24, 2.45) is 0 Å². The topological polar surface area (TPSA) is 37.3 Å². The third-order valence-electron chi connectivity index (χ3n) is 2.46. The second kappa shape index (κ2) is 6.48. The van der Waals surface area contributed by atoms with Gasteiger partial charge in [0.1, 0.15) is 0 Å². The quantitative estimate of drug-likeness (QED) is 0.630. The molecule has 0 unspecified atom stereocenters. The van der Waals surface area contributed by atoms with Gasteiger partial charge in [-0.3, -0.25) is 0 Å². The Morgan fingerprint density at radius 3 is 2.35 bits per heavy atom. The van der Waals surface area contributed by atoms with Crippen LogP contribution in [0.15, 0.2) is 59.7 Å². The molecule has 0 saturated carbocycles. The van der Waals surface area contributed by atoms with E-state index in [4.69, 9.17) is 5.11 Å². The number of carbonyl (C=O) groups is 1. The molecule has 0 saturated heterocycles. The summed E-state index contributed by atoms with van der Waals surface area (Å²) in [7, 11) is 0. The zero-order chi connectivity index (χ0) is 12.7. The van der Waals surface area contributed by atoms with Crippen LogP contribution >= 0.6 is 0 Å².